The number of hydrogen-bond donors (Lipinski definition) is 1. The summed E-state index contributed by atoms with van der Waals surface area (Å²) in [5, 5.41) is 0. The van der Waals surface area contributed by atoms with Crippen molar-refractivity contribution in [1.82, 2.24) is 0 Å². The van der Waals surface area contributed by atoms with E-state index < -0.39 is 0 Å². The first-order valence-corrected chi connectivity index (χ1v) is 5.89. The van der Waals surface area contributed by atoms with Gasteiger partial charge in [0, 0.05) is 18.5 Å². The zero-order valence-corrected chi connectivity index (χ0v) is 10.5. The van der Waals surface area contributed by atoms with Crippen molar-refractivity contribution < 1.29 is 0 Å². The summed E-state index contributed by atoms with van der Waals surface area (Å²) >= 11 is 0. The van der Waals surface area contributed by atoms with Crippen molar-refractivity contribution >= 4 is 0 Å². The maximum atomic E-state index is 5.39. The Labute approximate surface area is 99.1 Å². The zero-order chi connectivity index (χ0) is 12.0. The molecule has 1 aromatic rings. The Bertz CT molecular complexity index is 376. The Balaban J connectivity index is 2.81. The number of rotatable bonds is 3. The summed E-state index contributed by atoms with van der Waals surface area (Å²) in [4.78, 5) is 0. The first-order valence-electron chi connectivity index (χ1n) is 5.89. The Morgan fingerprint density at radius 1 is 1.19 bits per heavy atom. The van der Waals surface area contributed by atoms with Crippen LogP contribution in [0.15, 0.2) is 24.3 Å². The highest BCUT2D eigenvalue weighted by atomic mass is 14.5. The predicted octanol–water partition coefficient (Wildman–Crippen LogP) is 3.07. The van der Waals surface area contributed by atoms with Crippen LogP contribution in [-0.4, -0.2) is 6.54 Å². The predicted molar refractivity (Wildman–Crippen MR) is 70.3 cm³/mol. The van der Waals surface area contributed by atoms with Crippen molar-refractivity contribution in [2.45, 2.75) is 39.0 Å². The Morgan fingerprint density at radius 2 is 1.81 bits per heavy atom. The summed E-state index contributed by atoms with van der Waals surface area (Å²) in [5.74, 6) is 6.16. The summed E-state index contributed by atoms with van der Waals surface area (Å²) in [6.07, 6.45) is 1.91. The molecule has 0 spiro atoms. The van der Waals surface area contributed by atoms with E-state index in [1.165, 1.54) is 5.56 Å². The molecule has 0 saturated carbocycles. The molecule has 0 amide bonds. The van der Waals surface area contributed by atoms with Gasteiger partial charge >= 0.3 is 0 Å². The molecule has 0 aliphatic carbocycles. The van der Waals surface area contributed by atoms with Gasteiger partial charge in [-0.2, -0.15) is 0 Å². The molecular formula is C15H21N. The van der Waals surface area contributed by atoms with Gasteiger partial charge in [0.1, 0.15) is 0 Å². The van der Waals surface area contributed by atoms with E-state index in [0.29, 0.717) is 6.54 Å². The summed E-state index contributed by atoms with van der Waals surface area (Å²) in [7, 11) is 0. The quantitative estimate of drug-likeness (QED) is 0.770. The molecule has 1 rings (SSSR count). The van der Waals surface area contributed by atoms with Gasteiger partial charge in [-0.3, -0.25) is 0 Å². The van der Waals surface area contributed by atoms with E-state index in [1.807, 2.05) is 0 Å². The molecule has 0 aromatic heterocycles. The standard InChI is InChI=1S/C15H21N/c1-4-15(2,3)14-10-8-13(9-11-14)7-5-6-12-16/h8-11H,4,6,12,16H2,1-3H3. The lowest BCUT2D eigenvalue weighted by Gasteiger charge is -2.23. The fraction of sp³-hybridized carbons (Fsp3) is 0.467. The van der Waals surface area contributed by atoms with Gasteiger partial charge in [-0.05, 0) is 29.5 Å². The maximum Gasteiger partial charge on any atom is 0.0245 e. The third-order valence-corrected chi connectivity index (χ3v) is 3.05. The lowest BCUT2D eigenvalue weighted by atomic mass is 9.82. The van der Waals surface area contributed by atoms with Gasteiger partial charge in [0.2, 0.25) is 0 Å². The first kappa shape index (κ1) is 12.8. The molecule has 0 bridgehead atoms. The molecule has 0 heterocycles. The van der Waals surface area contributed by atoms with Gasteiger partial charge in [-0.15, -0.1) is 0 Å². The molecule has 0 atom stereocenters. The van der Waals surface area contributed by atoms with Crippen molar-refractivity contribution in [2.75, 3.05) is 6.54 Å². The summed E-state index contributed by atoms with van der Waals surface area (Å²) in [5.41, 5.74) is 8.09. The molecule has 1 aromatic carbocycles. The van der Waals surface area contributed by atoms with Gasteiger partial charge < -0.3 is 5.73 Å². The van der Waals surface area contributed by atoms with E-state index >= 15 is 0 Å². The third-order valence-electron chi connectivity index (χ3n) is 3.05. The highest BCUT2D eigenvalue weighted by Crippen LogP contribution is 2.26. The van der Waals surface area contributed by atoms with Crippen molar-refractivity contribution in [3.63, 3.8) is 0 Å². The molecule has 0 aliphatic heterocycles. The fourth-order valence-electron chi connectivity index (χ4n) is 1.45. The van der Waals surface area contributed by atoms with Crippen LogP contribution in [0.25, 0.3) is 0 Å². The topological polar surface area (TPSA) is 26.0 Å². The summed E-state index contributed by atoms with van der Waals surface area (Å²) in [6.45, 7) is 7.38. The van der Waals surface area contributed by atoms with E-state index in [9.17, 15) is 0 Å². The molecule has 0 aliphatic rings. The molecule has 0 radical (unpaired) electrons. The molecule has 0 unspecified atom stereocenters. The third kappa shape index (κ3) is 3.40. The normalized spacial score (nSPS) is 10.8. The largest absolute Gasteiger partial charge is 0.330 e. The van der Waals surface area contributed by atoms with Gasteiger partial charge in [0.05, 0.1) is 0 Å². The van der Waals surface area contributed by atoms with Crippen molar-refractivity contribution in [3.05, 3.63) is 35.4 Å². The number of benzene rings is 1. The van der Waals surface area contributed by atoms with Crippen LogP contribution in [0.5, 0.6) is 0 Å². The SMILES string of the molecule is CCC(C)(C)c1ccc(C#CCCN)cc1. The van der Waals surface area contributed by atoms with E-state index in [2.05, 4.69) is 56.9 Å². The minimum Gasteiger partial charge on any atom is -0.330 e. The van der Waals surface area contributed by atoms with E-state index in [4.69, 9.17) is 5.73 Å². The second kappa shape index (κ2) is 5.72. The van der Waals surface area contributed by atoms with Crippen LogP contribution < -0.4 is 5.73 Å². The minimum absolute atomic E-state index is 0.253. The number of hydrogen-bond acceptors (Lipinski definition) is 1. The van der Waals surface area contributed by atoms with Gasteiger partial charge in [-0.1, -0.05) is 44.7 Å². The Kier molecular flexibility index (Phi) is 4.58. The fourth-order valence-corrected chi connectivity index (χ4v) is 1.45. The van der Waals surface area contributed by atoms with Crippen molar-refractivity contribution in [3.8, 4) is 11.8 Å². The van der Waals surface area contributed by atoms with Crippen molar-refractivity contribution in [1.29, 1.82) is 0 Å². The molecule has 1 heteroatoms. The smallest absolute Gasteiger partial charge is 0.0245 e. The Morgan fingerprint density at radius 3 is 2.31 bits per heavy atom. The first-order chi connectivity index (χ1) is 7.60. The average molecular weight is 215 g/mol. The summed E-state index contributed by atoms with van der Waals surface area (Å²) < 4.78 is 0. The second-order valence-electron chi connectivity index (χ2n) is 4.66. The average Bonchev–Trinajstić information content (AvgIpc) is 2.30. The monoisotopic (exact) mass is 215 g/mol. The highest BCUT2D eigenvalue weighted by molar-refractivity contribution is 5.38. The maximum absolute atomic E-state index is 5.39. The second-order valence-corrected chi connectivity index (χ2v) is 4.66. The lowest BCUT2D eigenvalue weighted by Crippen LogP contribution is -2.14. The van der Waals surface area contributed by atoms with Gasteiger partial charge in [-0.25, -0.2) is 0 Å². The summed E-state index contributed by atoms with van der Waals surface area (Å²) in [6, 6.07) is 8.54. The minimum atomic E-state index is 0.253. The molecule has 86 valence electrons. The van der Waals surface area contributed by atoms with Crippen LogP contribution >= 0.6 is 0 Å². The molecule has 2 N–H and O–H groups in total. The van der Waals surface area contributed by atoms with Crippen LogP contribution in [0, 0.1) is 11.8 Å². The van der Waals surface area contributed by atoms with Crippen molar-refractivity contribution in [2.24, 2.45) is 5.73 Å². The van der Waals surface area contributed by atoms with Crippen LogP contribution in [0.3, 0.4) is 0 Å². The Hall–Kier alpha value is -1.26. The van der Waals surface area contributed by atoms with Crippen LogP contribution in [0.2, 0.25) is 0 Å². The van der Waals surface area contributed by atoms with Crippen LogP contribution in [-0.2, 0) is 5.41 Å². The van der Waals surface area contributed by atoms with Crippen LogP contribution in [0.4, 0.5) is 0 Å². The molecule has 1 nitrogen and oxygen atoms in total. The van der Waals surface area contributed by atoms with E-state index in [0.717, 1.165) is 18.4 Å². The van der Waals surface area contributed by atoms with Gasteiger partial charge in [0.15, 0.2) is 0 Å². The zero-order valence-electron chi connectivity index (χ0n) is 10.5. The molecular weight excluding hydrogens is 194 g/mol. The van der Waals surface area contributed by atoms with E-state index in [1.54, 1.807) is 0 Å². The van der Waals surface area contributed by atoms with Gasteiger partial charge in [0.25, 0.3) is 0 Å². The number of nitrogens with two attached hydrogens (primary N) is 1. The van der Waals surface area contributed by atoms with Crippen LogP contribution in [0.1, 0.15) is 44.7 Å². The highest BCUT2D eigenvalue weighted by Gasteiger charge is 2.16. The van der Waals surface area contributed by atoms with E-state index in [-0.39, 0.29) is 5.41 Å². The molecule has 0 fully saturated rings. The lowest BCUT2D eigenvalue weighted by molar-refractivity contribution is 0.506. The molecule has 0 saturated heterocycles. The molecule has 16 heavy (non-hydrogen) atoms.